The lowest BCUT2D eigenvalue weighted by atomic mass is 9.93. The van der Waals surface area contributed by atoms with Gasteiger partial charge in [-0.3, -0.25) is 4.99 Å². The van der Waals surface area contributed by atoms with Gasteiger partial charge in [-0.2, -0.15) is 0 Å². The second-order valence-corrected chi connectivity index (χ2v) is 13.3. The number of aliphatic imine (C=N–C) groups is 1. The summed E-state index contributed by atoms with van der Waals surface area (Å²) in [6.45, 7) is 13.2. The Hall–Kier alpha value is -3.54. The van der Waals surface area contributed by atoms with Crippen LogP contribution in [0.15, 0.2) is 64.3 Å². The number of fused-ring (bicyclic) bond motifs is 9. The normalized spacial score (nSPS) is 12.9. The summed E-state index contributed by atoms with van der Waals surface area (Å²) in [5, 5.41) is 12.1. The molecule has 0 aliphatic carbocycles. The van der Waals surface area contributed by atoms with Crippen molar-refractivity contribution < 1.29 is 0 Å². The summed E-state index contributed by atoms with van der Waals surface area (Å²) < 4.78 is 2.63. The van der Waals surface area contributed by atoms with E-state index in [2.05, 4.69) is 106 Å². The van der Waals surface area contributed by atoms with Gasteiger partial charge in [0.15, 0.2) is 0 Å². The SMILES string of the molecule is CCc1c(N=C(C)C(C)C)c2ccsc2c2cc(-c3ccc4c(c3)c3sccc3c3nc(C(C)C)[nH]c43)ccc12. The van der Waals surface area contributed by atoms with Crippen LogP contribution in [0.3, 0.4) is 0 Å². The lowest BCUT2D eigenvalue weighted by Gasteiger charge is -2.15. The highest BCUT2D eigenvalue weighted by Crippen LogP contribution is 2.44. The van der Waals surface area contributed by atoms with Gasteiger partial charge in [0.05, 0.1) is 16.7 Å². The number of rotatable bonds is 5. The molecule has 7 rings (SSSR count). The Labute approximate surface area is 242 Å². The first-order valence-electron chi connectivity index (χ1n) is 14.2. The number of nitrogens with zero attached hydrogens (tertiary/aromatic N) is 2. The van der Waals surface area contributed by atoms with Crippen LogP contribution in [0, 0.1) is 5.92 Å². The van der Waals surface area contributed by atoms with Crippen LogP contribution >= 0.6 is 22.7 Å². The molecule has 0 aliphatic rings. The molecular formula is C35H33N3S2. The van der Waals surface area contributed by atoms with E-state index in [9.17, 15) is 0 Å². The molecule has 3 heterocycles. The smallest absolute Gasteiger partial charge is 0.109 e. The van der Waals surface area contributed by atoms with Crippen molar-refractivity contribution in [2.75, 3.05) is 0 Å². The Kier molecular flexibility index (Phi) is 6.06. The van der Waals surface area contributed by atoms with Gasteiger partial charge in [-0.1, -0.05) is 58.9 Å². The minimum Gasteiger partial charge on any atom is -0.341 e. The van der Waals surface area contributed by atoms with Crippen molar-refractivity contribution in [3.63, 3.8) is 0 Å². The fraction of sp³-hybridized carbons (Fsp3) is 0.257. The summed E-state index contributed by atoms with van der Waals surface area (Å²) in [5.74, 6) is 1.84. The van der Waals surface area contributed by atoms with Gasteiger partial charge < -0.3 is 4.98 Å². The topological polar surface area (TPSA) is 41.0 Å². The molecule has 0 saturated heterocycles. The number of hydrogen-bond donors (Lipinski definition) is 1. The molecule has 40 heavy (non-hydrogen) atoms. The predicted molar refractivity (Wildman–Crippen MR) is 178 cm³/mol. The number of imidazole rings is 1. The highest BCUT2D eigenvalue weighted by Gasteiger charge is 2.18. The Morgan fingerprint density at radius 1 is 0.800 bits per heavy atom. The highest BCUT2D eigenvalue weighted by atomic mass is 32.1. The zero-order valence-electron chi connectivity index (χ0n) is 23.8. The molecule has 0 bridgehead atoms. The van der Waals surface area contributed by atoms with Crippen LogP contribution in [0.4, 0.5) is 5.69 Å². The number of thiophene rings is 2. The molecule has 0 aliphatic heterocycles. The Balaban J connectivity index is 1.46. The zero-order chi connectivity index (χ0) is 27.7. The first kappa shape index (κ1) is 25.4. The van der Waals surface area contributed by atoms with E-state index >= 15 is 0 Å². The molecule has 0 fully saturated rings. The number of benzene rings is 4. The average Bonchev–Trinajstić information content (AvgIpc) is 3.72. The largest absolute Gasteiger partial charge is 0.341 e. The monoisotopic (exact) mass is 559 g/mol. The van der Waals surface area contributed by atoms with Crippen LogP contribution in [0.1, 0.15) is 58.8 Å². The molecule has 5 heteroatoms. The van der Waals surface area contributed by atoms with E-state index in [1.165, 1.54) is 64.1 Å². The van der Waals surface area contributed by atoms with Gasteiger partial charge in [-0.25, -0.2) is 4.98 Å². The van der Waals surface area contributed by atoms with E-state index in [1.54, 1.807) is 0 Å². The van der Waals surface area contributed by atoms with Crippen molar-refractivity contribution in [2.45, 2.75) is 53.9 Å². The molecule has 200 valence electrons. The van der Waals surface area contributed by atoms with E-state index in [-0.39, 0.29) is 0 Å². The molecule has 0 saturated carbocycles. The van der Waals surface area contributed by atoms with Crippen LogP contribution in [0.5, 0.6) is 0 Å². The summed E-state index contributed by atoms with van der Waals surface area (Å²) >= 11 is 3.63. The summed E-state index contributed by atoms with van der Waals surface area (Å²) in [6.07, 6.45) is 0.955. The van der Waals surface area contributed by atoms with Gasteiger partial charge in [0.25, 0.3) is 0 Å². The van der Waals surface area contributed by atoms with E-state index in [0.29, 0.717) is 11.8 Å². The van der Waals surface area contributed by atoms with Gasteiger partial charge in [-0.05, 0) is 76.4 Å². The molecule has 4 aromatic carbocycles. The molecule has 3 nitrogen and oxygen atoms in total. The Bertz CT molecular complexity index is 2120. The number of aromatic nitrogens is 2. The predicted octanol–water partition coefficient (Wildman–Crippen LogP) is 11.4. The molecular weight excluding hydrogens is 527 g/mol. The Morgan fingerprint density at radius 2 is 1.43 bits per heavy atom. The number of aryl methyl sites for hydroxylation is 1. The maximum atomic E-state index is 5.17. The number of hydrogen-bond acceptors (Lipinski definition) is 4. The van der Waals surface area contributed by atoms with E-state index in [0.717, 1.165) is 29.0 Å². The maximum absolute atomic E-state index is 5.17. The standard InChI is InChI=1S/C35H33N3S2/c1-7-23-24-10-8-21(16-28(24)33-26(12-14-39-33)30(23)36-20(6)18(2)3)22-9-11-25-29(17-22)34-27(13-15-40-34)32-31(25)37-35(38-32)19(4)5/h8-19H,7H2,1-6H3,(H,37,38). The van der Waals surface area contributed by atoms with Crippen LogP contribution < -0.4 is 0 Å². The number of nitrogens with one attached hydrogen (secondary N) is 1. The number of H-pyrrole nitrogens is 1. The summed E-state index contributed by atoms with van der Waals surface area (Å²) in [5.41, 5.74) is 8.40. The molecule has 0 spiro atoms. The van der Waals surface area contributed by atoms with Gasteiger partial charge >= 0.3 is 0 Å². The Morgan fingerprint density at radius 3 is 2.08 bits per heavy atom. The average molecular weight is 560 g/mol. The summed E-state index contributed by atoms with van der Waals surface area (Å²) in [4.78, 5) is 13.8. The van der Waals surface area contributed by atoms with Gasteiger partial charge in [0, 0.05) is 48.0 Å². The van der Waals surface area contributed by atoms with Crippen molar-refractivity contribution >= 4 is 86.8 Å². The first-order valence-corrected chi connectivity index (χ1v) is 16.0. The maximum Gasteiger partial charge on any atom is 0.109 e. The molecule has 7 aromatic rings. The van der Waals surface area contributed by atoms with Gasteiger partial charge in [0.1, 0.15) is 5.82 Å². The lowest BCUT2D eigenvalue weighted by molar-refractivity contribution is 0.799. The quantitative estimate of drug-likeness (QED) is 0.209. The van der Waals surface area contributed by atoms with E-state index < -0.39 is 0 Å². The number of aromatic amines is 1. The third-order valence-corrected chi connectivity index (χ3v) is 10.2. The molecule has 3 aromatic heterocycles. The molecule has 0 atom stereocenters. The van der Waals surface area contributed by atoms with Crippen LogP contribution in [0.2, 0.25) is 0 Å². The van der Waals surface area contributed by atoms with Crippen LogP contribution in [-0.4, -0.2) is 15.7 Å². The second-order valence-electron chi connectivity index (χ2n) is 11.4. The summed E-state index contributed by atoms with van der Waals surface area (Å²) in [6, 6.07) is 18.4. The van der Waals surface area contributed by atoms with E-state index in [4.69, 9.17) is 9.98 Å². The molecule has 1 N–H and O–H groups in total. The van der Waals surface area contributed by atoms with Crippen molar-refractivity contribution in [3.05, 3.63) is 70.7 Å². The first-order chi connectivity index (χ1) is 19.4. The van der Waals surface area contributed by atoms with Gasteiger partial charge in [0.2, 0.25) is 0 Å². The zero-order valence-corrected chi connectivity index (χ0v) is 25.5. The van der Waals surface area contributed by atoms with Crippen molar-refractivity contribution in [3.8, 4) is 11.1 Å². The van der Waals surface area contributed by atoms with Crippen molar-refractivity contribution in [2.24, 2.45) is 10.9 Å². The van der Waals surface area contributed by atoms with Gasteiger partial charge in [-0.15, -0.1) is 22.7 Å². The summed E-state index contributed by atoms with van der Waals surface area (Å²) in [7, 11) is 0. The molecule has 0 radical (unpaired) electrons. The minimum absolute atomic E-state index is 0.357. The van der Waals surface area contributed by atoms with Crippen molar-refractivity contribution in [1.82, 2.24) is 9.97 Å². The van der Waals surface area contributed by atoms with Crippen molar-refractivity contribution in [1.29, 1.82) is 0 Å². The van der Waals surface area contributed by atoms with E-state index in [1.807, 2.05) is 22.7 Å². The third kappa shape index (κ3) is 3.82. The van der Waals surface area contributed by atoms with Crippen LogP contribution in [-0.2, 0) is 6.42 Å². The molecule has 0 amide bonds. The molecule has 0 unspecified atom stereocenters. The fourth-order valence-electron chi connectivity index (χ4n) is 5.85. The second kappa shape index (κ2) is 9.53. The third-order valence-electron chi connectivity index (χ3n) is 8.33. The fourth-order valence-corrected chi connectivity index (χ4v) is 7.70. The minimum atomic E-state index is 0.357. The van der Waals surface area contributed by atoms with Crippen LogP contribution in [0.25, 0.3) is 63.9 Å². The highest BCUT2D eigenvalue weighted by molar-refractivity contribution is 7.18. The lowest BCUT2D eigenvalue weighted by Crippen LogP contribution is -2.01.